The van der Waals surface area contributed by atoms with Crippen molar-refractivity contribution in [3.8, 4) is 17.2 Å². The number of hydrogen-bond acceptors (Lipinski definition) is 5. The van der Waals surface area contributed by atoms with Gasteiger partial charge in [0.05, 0.1) is 16.7 Å². The highest BCUT2D eigenvalue weighted by atomic mass is 32.2. The second-order valence-electron chi connectivity index (χ2n) is 7.94. The zero-order valence-electron chi connectivity index (χ0n) is 18.2. The first-order valence-electron chi connectivity index (χ1n) is 10.5. The highest BCUT2D eigenvalue weighted by Gasteiger charge is 2.33. The number of amides is 1. The minimum absolute atomic E-state index is 0.0555. The average Bonchev–Trinajstić information content (AvgIpc) is 3.05. The summed E-state index contributed by atoms with van der Waals surface area (Å²) in [6, 6.07) is 20.3. The van der Waals surface area contributed by atoms with E-state index in [1.807, 2.05) is 62.4 Å². The Hall–Kier alpha value is -3.45. The number of thioether (sulfide) groups is 1. The van der Waals surface area contributed by atoms with Crippen LogP contribution in [0.3, 0.4) is 0 Å². The molecule has 0 spiro atoms. The Bertz CT molecular complexity index is 1300. The molecule has 4 aromatic rings. The van der Waals surface area contributed by atoms with E-state index in [9.17, 15) is 4.79 Å². The van der Waals surface area contributed by atoms with Gasteiger partial charge in [0, 0.05) is 22.5 Å². The molecule has 1 amide bonds. The van der Waals surface area contributed by atoms with Crippen molar-refractivity contribution in [1.29, 1.82) is 0 Å². The minimum Gasteiger partial charge on any atom is -0.309 e. The molecule has 2 aromatic heterocycles. The molecule has 1 atom stereocenters. The fourth-order valence-corrected chi connectivity index (χ4v) is 5.32. The van der Waals surface area contributed by atoms with Crippen LogP contribution in [-0.2, 0) is 4.79 Å². The molecule has 2 aromatic carbocycles. The number of aromatic nitrogens is 4. The topological polar surface area (TPSA) is 72.7 Å². The van der Waals surface area contributed by atoms with Gasteiger partial charge >= 0.3 is 0 Å². The van der Waals surface area contributed by atoms with Gasteiger partial charge in [-0.1, -0.05) is 54.6 Å². The van der Waals surface area contributed by atoms with E-state index in [2.05, 4.69) is 34.3 Å². The summed E-state index contributed by atoms with van der Waals surface area (Å²) in [5.41, 5.74) is 6.84. The molecule has 3 heterocycles. The molecule has 6 nitrogen and oxygen atoms in total. The molecule has 1 aliphatic rings. The van der Waals surface area contributed by atoms with Crippen LogP contribution in [0, 0.1) is 20.8 Å². The van der Waals surface area contributed by atoms with Crippen molar-refractivity contribution in [2.24, 2.45) is 0 Å². The third-order valence-corrected chi connectivity index (χ3v) is 6.75. The summed E-state index contributed by atoms with van der Waals surface area (Å²) in [4.78, 5) is 22.0. The number of rotatable bonds is 3. The Morgan fingerprint density at radius 3 is 2.38 bits per heavy atom. The number of nitrogens with zero attached hydrogens (tertiary/aromatic N) is 4. The monoisotopic (exact) mass is 441 g/mol. The minimum atomic E-state index is -0.0579. The Labute approximate surface area is 191 Å². The summed E-state index contributed by atoms with van der Waals surface area (Å²) < 4.78 is 1.69. The Morgan fingerprint density at radius 1 is 0.969 bits per heavy atom. The van der Waals surface area contributed by atoms with Crippen LogP contribution < -0.4 is 5.32 Å². The predicted molar refractivity (Wildman–Crippen MR) is 128 cm³/mol. The van der Waals surface area contributed by atoms with Crippen LogP contribution in [0.15, 0.2) is 60.7 Å². The molecule has 32 heavy (non-hydrogen) atoms. The molecule has 0 aliphatic carbocycles. The summed E-state index contributed by atoms with van der Waals surface area (Å²) >= 11 is 1.62. The normalized spacial score (nSPS) is 15.7. The molecule has 1 aliphatic heterocycles. The molecule has 0 saturated carbocycles. The van der Waals surface area contributed by atoms with Crippen LogP contribution in [-0.4, -0.2) is 31.4 Å². The summed E-state index contributed by atoms with van der Waals surface area (Å²) in [5, 5.41) is 8.00. The van der Waals surface area contributed by atoms with Gasteiger partial charge in [-0.05, 0) is 38.0 Å². The van der Waals surface area contributed by atoms with Gasteiger partial charge in [0.15, 0.2) is 0 Å². The number of aryl methyl sites for hydroxylation is 3. The maximum Gasteiger partial charge on any atom is 0.252 e. The van der Waals surface area contributed by atoms with Gasteiger partial charge in [-0.25, -0.2) is 9.97 Å². The average molecular weight is 442 g/mol. The lowest BCUT2D eigenvalue weighted by Gasteiger charge is -2.18. The van der Waals surface area contributed by atoms with Crippen molar-refractivity contribution in [3.63, 3.8) is 0 Å². The zero-order valence-corrected chi connectivity index (χ0v) is 19.0. The van der Waals surface area contributed by atoms with Crippen LogP contribution in [0.4, 0.5) is 5.82 Å². The van der Waals surface area contributed by atoms with Gasteiger partial charge in [0.1, 0.15) is 5.82 Å². The first-order valence-corrected chi connectivity index (χ1v) is 11.5. The van der Waals surface area contributed by atoms with Crippen molar-refractivity contribution in [2.75, 3.05) is 11.1 Å². The Morgan fingerprint density at radius 2 is 1.66 bits per heavy atom. The molecule has 0 bridgehead atoms. The van der Waals surface area contributed by atoms with Gasteiger partial charge < -0.3 is 5.32 Å². The molecule has 160 valence electrons. The quantitative estimate of drug-likeness (QED) is 0.483. The largest absolute Gasteiger partial charge is 0.309 e. The van der Waals surface area contributed by atoms with Crippen molar-refractivity contribution < 1.29 is 4.79 Å². The molecule has 0 fully saturated rings. The van der Waals surface area contributed by atoms with Gasteiger partial charge in [0.25, 0.3) is 5.95 Å². The number of hydrogen-bond donors (Lipinski definition) is 1. The summed E-state index contributed by atoms with van der Waals surface area (Å²) in [6.07, 6.45) is 0. The highest BCUT2D eigenvalue weighted by Crippen LogP contribution is 2.47. The lowest BCUT2D eigenvalue weighted by atomic mass is 9.97. The fraction of sp³-hybridized carbons (Fsp3) is 0.200. The third kappa shape index (κ3) is 3.69. The summed E-state index contributed by atoms with van der Waals surface area (Å²) in [7, 11) is 0. The van der Waals surface area contributed by atoms with E-state index in [-0.39, 0.29) is 11.2 Å². The van der Waals surface area contributed by atoms with Crippen LogP contribution >= 0.6 is 11.8 Å². The molecule has 0 saturated heterocycles. The first-order chi connectivity index (χ1) is 15.5. The van der Waals surface area contributed by atoms with Gasteiger partial charge in [-0.3, -0.25) is 4.79 Å². The van der Waals surface area contributed by atoms with E-state index in [0.717, 1.165) is 28.2 Å². The fourth-order valence-electron chi connectivity index (χ4n) is 4.09. The van der Waals surface area contributed by atoms with E-state index in [0.29, 0.717) is 17.5 Å². The molecule has 5 rings (SSSR count). The Kier molecular flexibility index (Phi) is 5.27. The third-order valence-electron chi connectivity index (χ3n) is 5.50. The molecule has 1 N–H and O–H groups in total. The van der Waals surface area contributed by atoms with Gasteiger partial charge in [0.2, 0.25) is 5.91 Å². The van der Waals surface area contributed by atoms with Crippen LogP contribution in [0.5, 0.6) is 0 Å². The zero-order chi connectivity index (χ0) is 22.2. The van der Waals surface area contributed by atoms with Crippen molar-refractivity contribution in [2.45, 2.75) is 26.0 Å². The maximum absolute atomic E-state index is 12.8. The molecular weight excluding hydrogens is 418 g/mol. The van der Waals surface area contributed by atoms with E-state index in [4.69, 9.17) is 5.10 Å². The SMILES string of the molecule is Cc1cc(C)nc(-n2nc(-c3ccccc3)c3c2NC(=O)CSC3c2ccccc2C)n1. The van der Waals surface area contributed by atoms with Crippen LogP contribution in [0.2, 0.25) is 0 Å². The van der Waals surface area contributed by atoms with E-state index >= 15 is 0 Å². The Balaban J connectivity index is 1.82. The van der Waals surface area contributed by atoms with Gasteiger partial charge in [-0.15, -0.1) is 11.8 Å². The molecular formula is C25H23N5OS. The number of carbonyl (C=O) groups is 1. The number of anilines is 1. The van der Waals surface area contributed by atoms with Crippen LogP contribution in [0.25, 0.3) is 17.2 Å². The van der Waals surface area contributed by atoms with Crippen molar-refractivity contribution in [1.82, 2.24) is 19.7 Å². The number of nitrogens with one attached hydrogen (secondary N) is 1. The number of carbonyl (C=O) groups excluding carboxylic acids is 1. The standard InChI is InChI=1S/C25H23N5OS/c1-15-9-7-8-12-19(15)23-21-22(18-10-5-4-6-11-18)29-30(24(21)28-20(31)14-32-23)25-26-16(2)13-17(3)27-25/h4-13,23H,14H2,1-3H3,(H,28,31). The van der Waals surface area contributed by atoms with E-state index < -0.39 is 0 Å². The smallest absolute Gasteiger partial charge is 0.252 e. The predicted octanol–water partition coefficient (Wildman–Crippen LogP) is 5.03. The van der Waals surface area contributed by atoms with E-state index in [1.165, 1.54) is 11.1 Å². The lowest BCUT2D eigenvalue weighted by molar-refractivity contribution is -0.113. The van der Waals surface area contributed by atoms with Crippen molar-refractivity contribution in [3.05, 3.63) is 88.7 Å². The molecule has 1 unspecified atom stereocenters. The number of benzene rings is 2. The molecule has 7 heteroatoms. The second-order valence-corrected chi connectivity index (χ2v) is 9.03. The van der Waals surface area contributed by atoms with Crippen molar-refractivity contribution >= 4 is 23.5 Å². The molecule has 0 radical (unpaired) electrons. The van der Waals surface area contributed by atoms with E-state index in [1.54, 1.807) is 16.4 Å². The highest BCUT2D eigenvalue weighted by molar-refractivity contribution is 8.00. The van der Waals surface area contributed by atoms with Gasteiger partial charge in [-0.2, -0.15) is 9.78 Å². The lowest BCUT2D eigenvalue weighted by Crippen LogP contribution is -2.17. The number of fused-ring (bicyclic) bond motifs is 1. The second kappa shape index (κ2) is 8.24. The summed E-state index contributed by atoms with van der Waals surface area (Å²) in [5.74, 6) is 1.39. The maximum atomic E-state index is 12.8. The van der Waals surface area contributed by atoms with Crippen LogP contribution in [0.1, 0.15) is 33.3 Å². The summed E-state index contributed by atoms with van der Waals surface area (Å²) in [6.45, 7) is 5.97. The first kappa shape index (κ1) is 20.5.